The number of fused-ring (bicyclic) bond motifs is 1. The van der Waals surface area contributed by atoms with Crippen molar-refractivity contribution >= 4 is 17.1 Å². The third-order valence-electron chi connectivity index (χ3n) is 3.84. The summed E-state index contributed by atoms with van der Waals surface area (Å²) in [5, 5.41) is 32.1. The fraction of sp³-hybridized carbons (Fsp3) is 0.615. The number of aliphatic hydroxyl groups is 3. The van der Waals surface area contributed by atoms with Gasteiger partial charge in [0.15, 0.2) is 11.9 Å². The Hall–Kier alpha value is -1.81. The third kappa shape index (κ3) is 2.22. The van der Waals surface area contributed by atoms with Gasteiger partial charge in [0.25, 0.3) is 0 Å². The molecule has 0 spiro atoms. The van der Waals surface area contributed by atoms with E-state index in [2.05, 4.69) is 20.3 Å². The van der Waals surface area contributed by atoms with Crippen LogP contribution in [0.3, 0.4) is 0 Å². The van der Waals surface area contributed by atoms with E-state index in [-0.39, 0.29) is 6.61 Å². The molecule has 0 aromatic carbocycles. The number of hydrogen-bond acceptors (Lipinski definition) is 8. The molecule has 0 aliphatic carbocycles. The van der Waals surface area contributed by atoms with E-state index in [9.17, 15) is 15.3 Å². The van der Waals surface area contributed by atoms with Crippen molar-refractivity contribution in [3.63, 3.8) is 0 Å². The van der Waals surface area contributed by atoms with Gasteiger partial charge in [0.05, 0.1) is 18.6 Å². The molecule has 9 nitrogen and oxygen atoms in total. The van der Waals surface area contributed by atoms with E-state index in [0.29, 0.717) is 23.5 Å². The summed E-state index contributed by atoms with van der Waals surface area (Å²) in [7, 11) is 1.72. The van der Waals surface area contributed by atoms with E-state index in [0.717, 1.165) is 5.69 Å². The number of rotatable bonds is 4. The summed E-state index contributed by atoms with van der Waals surface area (Å²) in [6.07, 6.45) is -1.86. The zero-order valence-electron chi connectivity index (χ0n) is 12.3. The molecule has 0 unspecified atom stereocenters. The van der Waals surface area contributed by atoms with Crippen LogP contribution in [-0.2, 0) is 11.2 Å². The van der Waals surface area contributed by atoms with E-state index < -0.39 is 24.5 Å². The van der Waals surface area contributed by atoms with Crippen LogP contribution >= 0.6 is 0 Å². The van der Waals surface area contributed by atoms with Crippen molar-refractivity contribution < 1.29 is 20.1 Å². The molecule has 2 aromatic rings. The molecular weight excluding hydrogens is 290 g/mol. The second-order valence-electron chi connectivity index (χ2n) is 5.15. The molecule has 1 aliphatic heterocycles. The molecule has 4 atom stereocenters. The Morgan fingerprint density at radius 3 is 2.68 bits per heavy atom. The Morgan fingerprint density at radius 1 is 1.32 bits per heavy atom. The van der Waals surface area contributed by atoms with Gasteiger partial charge in [-0.3, -0.25) is 4.57 Å². The molecule has 1 aliphatic rings. The number of aromatic nitrogens is 4. The second-order valence-corrected chi connectivity index (χ2v) is 5.15. The van der Waals surface area contributed by atoms with Crippen molar-refractivity contribution in [2.24, 2.45) is 0 Å². The number of aliphatic hydroxyl groups excluding tert-OH is 3. The van der Waals surface area contributed by atoms with E-state index in [1.807, 2.05) is 6.92 Å². The first-order valence-corrected chi connectivity index (χ1v) is 7.14. The molecule has 9 heteroatoms. The molecule has 2 aromatic heterocycles. The van der Waals surface area contributed by atoms with Gasteiger partial charge in [-0.25, -0.2) is 9.97 Å². The molecule has 1 saturated heterocycles. The number of imidazole rings is 1. The quantitative estimate of drug-likeness (QED) is 0.569. The first-order chi connectivity index (χ1) is 10.6. The van der Waals surface area contributed by atoms with Gasteiger partial charge >= 0.3 is 0 Å². The first-order valence-electron chi connectivity index (χ1n) is 7.14. The van der Waals surface area contributed by atoms with Gasteiger partial charge in [0, 0.05) is 7.05 Å². The Morgan fingerprint density at radius 2 is 2.09 bits per heavy atom. The first kappa shape index (κ1) is 15.1. The monoisotopic (exact) mass is 309 g/mol. The maximum atomic E-state index is 10.1. The molecule has 0 radical (unpaired) electrons. The predicted molar refractivity (Wildman–Crippen MR) is 77.3 cm³/mol. The van der Waals surface area contributed by atoms with E-state index in [4.69, 9.17) is 4.74 Å². The summed E-state index contributed by atoms with van der Waals surface area (Å²) in [6.45, 7) is 1.59. The Balaban J connectivity index is 2.08. The van der Waals surface area contributed by atoms with Crippen LogP contribution in [0, 0.1) is 0 Å². The lowest BCUT2D eigenvalue weighted by molar-refractivity contribution is -0.0511. The van der Waals surface area contributed by atoms with Gasteiger partial charge in [0.2, 0.25) is 5.95 Å². The van der Waals surface area contributed by atoms with Gasteiger partial charge in [-0.2, -0.15) is 4.98 Å². The highest BCUT2D eigenvalue weighted by atomic mass is 16.6. The normalized spacial score (nSPS) is 28.4. The molecule has 0 bridgehead atoms. The predicted octanol–water partition coefficient (Wildman–Crippen LogP) is -0.958. The summed E-state index contributed by atoms with van der Waals surface area (Å²) < 4.78 is 7.08. The van der Waals surface area contributed by atoms with Crippen LogP contribution in [-0.4, -0.2) is 66.8 Å². The fourth-order valence-corrected chi connectivity index (χ4v) is 2.63. The minimum absolute atomic E-state index is 0.377. The molecule has 0 amide bonds. The van der Waals surface area contributed by atoms with Crippen LogP contribution < -0.4 is 5.32 Å². The fourth-order valence-electron chi connectivity index (χ4n) is 2.63. The topological polar surface area (TPSA) is 126 Å². The molecule has 22 heavy (non-hydrogen) atoms. The molecule has 1 fully saturated rings. The van der Waals surface area contributed by atoms with Crippen LogP contribution in [0.25, 0.3) is 11.2 Å². The van der Waals surface area contributed by atoms with Crippen molar-refractivity contribution in [1.29, 1.82) is 0 Å². The standard InChI is InChI=1S/C13H19N5O4/c1-3-6-8-11(17-13(14-2)16-6)18(5-15-8)12-10(21)9(20)7(4-19)22-12/h5,7,9-10,12,19-21H,3-4H2,1-2H3,(H,14,16,17)/t7-,9-,10+,12-/m1/s1. The van der Waals surface area contributed by atoms with Crippen molar-refractivity contribution in [2.75, 3.05) is 19.0 Å². The van der Waals surface area contributed by atoms with Crippen molar-refractivity contribution in [1.82, 2.24) is 19.5 Å². The SMILES string of the molecule is CCc1nc(NC)nc2c1ncn2[C@@H]1O[C@H](CO)[C@@H](O)[C@@H]1O. The average molecular weight is 309 g/mol. The summed E-state index contributed by atoms with van der Waals surface area (Å²) in [4.78, 5) is 13.0. The number of hydrogen-bond donors (Lipinski definition) is 4. The van der Waals surface area contributed by atoms with Gasteiger partial charge in [-0.1, -0.05) is 6.92 Å². The van der Waals surface area contributed by atoms with E-state index >= 15 is 0 Å². The molecule has 120 valence electrons. The van der Waals surface area contributed by atoms with Crippen molar-refractivity contribution in [3.05, 3.63) is 12.0 Å². The van der Waals surface area contributed by atoms with Gasteiger partial charge in [-0.15, -0.1) is 0 Å². The smallest absolute Gasteiger partial charge is 0.224 e. The van der Waals surface area contributed by atoms with Gasteiger partial charge < -0.3 is 25.4 Å². The number of nitrogens with zero attached hydrogens (tertiary/aromatic N) is 4. The molecule has 3 heterocycles. The van der Waals surface area contributed by atoms with Crippen molar-refractivity contribution in [2.45, 2.75) is 37.9 Å². The van der Waals surface area contributed by atoms with Crippen molar-refractivity contribution in [3.8, 4) is 0 Å². The summed E-state index contributed by atoms with van der Waals surface area (Å²) in [6, 6.07) is 0. The Bertz CT molecular complexity index is 676. The Labute approximate surface area is 126 Å². The highest BCUT2D eigenvalue weighted by molar-refractivity contribution is 5.75. The zero-order chi connectivity index (χ0) is 15.9. The molecule has 3 rings (SSSR count). The highest BCUT2D eigenvalue weighted by Crippen LogP contribution is 2.31. The van der Waals surface area contributed by atoms with Crippen LogP contribution in [0.5, 0.6) is 0 Å². The van der Waals surface area contributed by atoms with E-state index in [1.165, 1.54) is 6.33 Å². The van der Waals surface area contributed by atoms with Crippen LogP contribution in [0.15, 0.2) is 6.33 Å². The average Bonchev–Trinajstić information content (AvgIpc) is 3.08. The number of ether oxygens (including phenoxy) is 1. The maximum Gasteiger partial charge on any atom is 0.224 e. The van der Waals surface area contributed by atoms with Crippen LogP contribution in [0.2, 0.25) is 0 Å². The molecule has 4 N–H and O–H groups in total. The number of nitrogens with one attached hydrogen (secondary N) is 1. The minimum Gasteiger partial charge on any atom is -0.394 e. The van der Waals surface area contributed by atoms with Crippen LogP contribution in [0.4, 0.5) is 5.95 Å². The van der Waals surface area contributed by atoms with E-state index in [1.54, 1.807) is 11.6 Å². The highest BCUT2D eigenvalue weighted by Gasteiger charge is 2.44. The molecular formula is C13H19N5O4. The van der Waals surface area contributed by atoms with Gasteiger partial charge in [-0.05, 0) is 6.42 Å². The largest absolute Gasteiger partial charge is 0.394 e. The third-order valence-corrected chi connectivity index (χ3v) is 3.84. The second kappa shape index (κ2) is 5.76. The minimum atomic E-state index is -1.17. The summed E-state index contributed by atoms with van der Waals surface area (Å²) in [5.74, 6) is 0.442. The summed E-state index contributed by atoms with van der Waals surface area (Å²) in [5.41, 5.74) is 1.91. The number of aryl methyl sites for hydroxylation is 1. The summed E-state index contributed by atoms with van der Waals surface area (Å²) >= 11 is 0. The lowest BCUT2D eigenvalue weighted by Crippen LogP contribution is -2.33. The Kier molecular flexibility index (Phi) is 3.96. The van der Waals surface area contributed by atoms with Gasteiger partial charge in [0.1, 0.15) is 23.8 Å². The number of anilines is 1. The lowest BCUT2D eigenvalue weighted by Gasteiger charge is -2.16. The zero-order valence-corrected chi connectivity index (χ0v) is 12.3. The lowest BCUT2D eigenvalue weighted by atomic mass is 10.1. The van der Waals surface area contributed by atoms with Crippen LogP contribution in [0.1, 0.15) is 18.8 Å². The molecule has 0 saturated carbocycles. The maximum absolute atomic E-state index is 10.1.